The molecule has 1 aromatic carbocycles. The molecule has 0 fully saturated rings. The van der Waals surface area contributed by atoms with Gasteiger partial charge in [0, 0.05) is 11.8 Å². The van der Waals surface area contributed by atoms with Crippen LogP contribution in [0.1, 0.15) is 0 Å². The molecule has 0 atom stereocenters. The van der Waals surface area contributed by atoms with Crippen molar-refractivity contribution in [3.8, 4) is 11.8 Å². The van der Waals surface area contributed by atoms with Crippen molar-refractivity contribution in [2.75, 3.05) is 18.5 Å². The quantitative estimate of drug-likeness (QED) is 0.916. The van der Waals surface area contributed by atoms with E-state index in [1.807, 2.05) is 0 Å². The Balaban J connectivity index is 2.52. The van der Waals surface area contributed by atoms with Crippen molar-refractivity contribution in [2.24, 2.45) is 0 Å². The normalized spacial score (nSPS) is 10.4. The second-order valence-electron chi connectivity index (χ2n) is 3.29. The summed E-state index contributed by atoms with van der Waals surface area (Å²) in [5.74, 6) is 0.301. The van der Waals surface area contributed by atoms with E-state index in [-0.39, 0.29) is 12.3 Å². The van der Waals surface area contributed by atoms with E-state index in [0.717, 1.165) is 0 Å². The Labute approximate surface area is 106 Å². The van der Waals surface area contributed by atoms with E-state index in [9.17, 15) is 18.0 Å². The molecule has 0 heterocycles. The third-order valence-corrected chi connectivity index (χ3v) is 1.75. The molecule has 0 radical (unpaired) electrons. The fourth-order valence-electron chi connectivity index (χ4n) is 1.08. The predicted octanol–water partition coefficient (Wildman–Crippen LogP) is 2.70. The number of carbonyl (C=O) groups is 1. The number of nitrogens with zero attached hydrogens (tertiary/aromatic N) is 1. The van der Waals surface area contributed by atoms with Gasteiger partial charge in [-0.1, -0.05) is 6.07 Å². The summed E-state index contributed by atoms with van der Waals surface area (Å²) >= 11 is 0. The molecule has 0 unspecified atom stereocenters. The summed E-state index contributed by atoms with van der Waals surface area (Å²) in [4.78, 5) is 11.1. The van der Waals surface area contributed by atoms with Crippen molar-refractivity contribution in [2.45, 2.75) is 6.18 Å². The smallest absolute Gasteiger partial charge is 0.422 e. The summed E-state index contributed by atoms with van der Waals surface area (Å²) in [5.41, 5.74) is 0.197. The highest BCUT2D eigenvalue weighted by Gasteiger charge is 2.29. The summed E-state index contributed by atoms with van der Waals surface area (Å²) in [6.07, 6.45) is -5.80. The van der Waals surface area contributed by atoms with E-state index in [2.05, 4.69) is 10.1 Å². The molecular formula is C11H9F3N2O3. The number of ether oxygens (including phenoxy) is 2. The molecular weight excluding hydrogens is 265 g/mol. The summed E-state index contributed by atoms with van der Waals surface area (Å²) in [6, 6.07) is 7.58. The molecule has 0 saturated heterocycles. The minimum absolute atomic E-state index is 0.179. The van der Waals surface area contributed by atoms with Crippen LogP contribution in [0.25, 0.3) is 0 Å². The van der Waals surface area contributed by atoms with Crippen LogP contribution >= 0.6 is 0 Å². The number of benzene rings is 1. The number of hydrogen-bond donors (Lipinski definition) is 1. The second kappa shape index (κ2) is 6.49. The molecule has 102 valence electrons. The lowest BCUT2D eigenvalue weighted by molar-refractivity contribution is -0.159. The SMILES string of the molecule is N#CCOc1cccc(NC(=O)OCC(F)(F)F)c1. The van der Waals surface area contributed by atoms with Crippen molar-refractivity contribution in [1.29, 1.82) is 5.26 Å². The summed E-state index contributed by atoms with van der Waals surface area (Å²) in [6.45, 7) is -1.84. The summed E-state index contributed by atoms with van der Waals surface area (Å²) in [7, 11) is 0. The molecule has 1 amide bonds. The van der Waals surface area contributed by atoms with Crippen LogP contribution in [0.4, 0.5) is 23.7 Å². The van der Waals surface area contributed by atoms with Gasteiger partial charge < -0.3 is 9.47 Å². The fraction of sp³-hybridized carbons (Fsp3) is 0.273. The average molecular weight is 274 g/mol. The monoisotopic (exact) mass is 274 g/mol. The fourth-order valence-corrected chi connectivity index (χ4v) is 1.08. The van der Waals surface area contributed by atoms with Crippen molar-refractivity contribution in [3.05, 3.63) is 24.3 Å². The van der Waals surface area contributed by atoms with Crippen LogP contribution in [0, 0.1) is 11.3 Å². The zero-order valence-corrected chi connectivity index (χ0v) is 9.53. The molecule has 0 aliphatic carbocycles. The summed E-state index contributed by atoms with van der Waals surface area (Å²) in [5, 5.41) is 10.4. The van der Waals surface area contributed by atoms with Gasteiger partial charge in [0.2, 0.25) is 0 Å². The van der Waals surface area contributed by atoms with Gasteiger partial charge in [0.05, 0.1) is 0 Å². The summed E-state index contributed by atoms with van der Waals surface area (Å²) < 4.78 is 44.3. The van der Waals surface area contributed by atoms with Gasteiger partial charge in [-0.25, -0.2) is 4.79 Å². The van der Waals surface area contributed by atoms with Crippen LogP contribution in [0.3, 0.4) is 0 Å². The number of hydrogen-bond acceptors (Lipinski definition) is 4. The molecule has 19 heavy (non-hydrogen) atoms. The maximum atomic E-state index is 11.8. The molecule has 1 aromatic rings. The van der Waals surface area contributed by atoms with Crippen molar-refractivity contribution >= 4 is 11.8 Å². The van der Waals surface area contributed by atoms with Crippen molar-refractivity contribution < 1.29 is 27.4 Å². The number of alkyl halides is 3. The zero-order valence-electron chi connectivity index (χ0n) is 9.53. The maximum Gasteiger partial charge on any atom is 0.422 e. The Kier molecular flexibility index (Phi) is 5.00. The number of carbonyl (C=O) groups excluding carboxylic acids is 1. The first kappa shape index (κ1) is 14.6. The highest BCUT2D eigenvalue weighted by atomic mass is 19.4. The zero-order chi connectivity index (χ0) is 14.3. The van der Waals surface area contributed by atoms with Gasteiger partial charge in [0.1, 0.15) is 11.8 Å². The minimum Gasteiger partial charge on any atom is -0.479 e. The third-order valence-electron chi connectivity index (χ3n) is 1.75. The lowest BCUT2D eigenvalue weighted by atomic mass is 10.3. The standard InChI is InChI=1S/C11H9F3N2O3/c12-11(13,14)7-19-10(17)16-8-2-1-3-9(6-8)18-5-4-15/h1-3,6H,5,7H2,(H,16,17). The lowest BCUT2D eigenvalue weighted by Gasteiger charge is -2.09. The second-order valence-corrected chi connectivity index (χ2v) is 3.29. The Morgan fingerprint density at radius 3 is 2.79 bits per heavy atom. The third kappa shape index (κ3) is 6.16. The van der Waals surface area contributed by atoms with Crippen LogP contribution in [0.2, 0.25) is 0 Å². The molecule has 0 aliphatic rings. The molecule has 0 saturated carbocycles. The molecule has 1 N–H and O–H groups in total. The first-order valence-electron chi connectivity index (χ1n) is 5.01. The average Bonchev–Trinajstić information content (AvgIpc) is 2.33. The Morgan fingerprint density at radius 2 is 2.16 bits per heavy atom. The van der Waals surface area contributed by atoms with Crippen molar-refractivity contribution in [3.63, 3.8) is 0 Å². The van der Waals surface area contributed by atoms with Gasteiger partial charge in [0.25, 0.3) is 0 Å². The van der Waals surface area contributed by atoms with Gasteiger partial charge in [-0.3, -0.25) is 5.32 Å². The molecule has 0 bridgehead atoms. The van der Waals surface area contributed by atoms with E-state index in [1.54, 1.807) is 6.07 Å². The maximum absolute atomic E-state index is 11.8. The Bertz CT molecular complexity index is 483. The minimum atomic E-state index is -4.57. The van der Waals surface area contributed by atoms with E-state index in [0.29, 0.717) is 5.75 Å². The number of amides is 1. The van der Waals surface area contributed by atoms with E-state index in [4.69, 9.17) is 10.00 Å². The molecule has 0 aliphatic heterocycles. The first-order valence-corrected chi connectivity index (χ1v) is 5.01. The largest absolute Gasteiger partial charge is 0.479 e. The lowest BCUT2D eigenvalue weighted by Crippen LogP contribution is -2.23. The van der Waals surface area contributed by atoms with E-state index < -0.39 is 18.9 Å². The topological polar surface area (TPSA) is 71.3 Å². The van der Waals surface area contributed by atoms with Crippen LogP contribution in [-0.2, 0) is 4.74 Å². The van der Waals surface area contributed by atoms with Gasteiger partial charge in [-0.2, -0.15) is 18.4 Å². The van der Waals surface area contributed by atoms with Crippen molar-refractivity contribution in [1.82, 2.24) is 0 Å². The van der Waals surface area contributed by atoms with Gasteiger partial charge >= 0.3 is 12.3 Å². The number of anilines is 1. The van der Waals surface area contributed by atoms with Gasteiger partial charge in [-0.15, -0.1) is 0 Å². The first-order chi connectivity index (χ1) is 8.90. The number of halogens is 3. The van der Waals surface area contributed by atoms with Crippen LogP contribution in [0.15, 0.2) is 24.3 Å². The number of nitriles is 1. The van der Waals surface area contributed by atoms with E-state index in [1.165, 1.54) is 24.3 Å². The number of nitrogens with one attached hydrogen (secondary N) is 1. The molecule has 8 heteroatoms. The molecule has 0 spiro atoms. The highest BCUT2D eigenvalue weighted by Crippen LogP contribution is 2.18. The number of rotatable bonds is 4. The van der Waals surface area contributed by atoms with Gasteiger partial charge in [0.15, 0.2) is 13.2 Å². The van der Waals surface area contributed by atoms with Crippen LogP contribution < -0.4 is 10.1 Å². The van der Waals surface area contributed by atoms with Crippen LogP contribution in [-0.4, -0.2) is 25.5 Å². The molecule has 0 aromatic heterocycles. The Hall–Kier alpha value is -2.43. The van der Waals surface area contributed by atoms with E-state index >= 15 is 0 Å². The molecule has 1 rings (SSSR count). The van der Waals surface area contributed by atoms with Gasteiger partial charge in [-0.05, 0) is 12.1 Å². The van der Waals surface area contributed by atoms with Crippen LogP contribution in [0.5, 0.6) is 5.75 Å². The Morgan fingerprint density at radius 1 is 1.42 bits per heavy atom. The molecule has 5 nitrogen and oxygen atoms in total. The predicted molar refractivity (Wildman–Crippen MR) is 58.6 cm³/mol. The highest BCUT2D eigenvalue weighted by molar-refractivity contribution is 5.84.